The summed E-state index contributed by atoms with van der Waals surface area (Å²) in [6.07, 6.45) is 1.07. The van der Waals surface area contributed by atoms with Crippen LogP contribution < -0.4 is 10.6 Å². The number of carboxylic acid groups (broad SMARTS) is 1. The largest absolute Gasteiger partial charge is 0.478 e. The van der Waals surface area contributed by atoms with Crippen molar-refractivity contribution in [1.29, 1.82) is 0 Å². The van der Waals surface area contributed by atoms with Gasteiger partial charge < -0.3 is 20.5 Å². The third kappa shape index (κ3) is 3.17. The number of ether oxygens (including phenoxy) is 1. The van der Waals surface area contributed by atoms with E-state index in [1.165, 1.54) is 6.07 Å². The number of rotatable bonds is 5. The van der Waals surface area contributed by atoms with Crippen LogP contribution in [0.4, 0.5) is 11.4 Å². The molecule has 104 valence electrons. The Morgan fingerprint density at radius 2 is 2.37 bits per heavy atom. The molecule has 0 amide bonds. The Balaban J connectivity index is 2.15. The van der Waals surface area contributed by atoms with Gasteiger partial charge in [0.15, 0.2) is 0 Å². The molecule has 0 aromatic heterocycles. The fourth-order valence-electron chi connectivity index (χ4n) is 2.41. The zero-order valence-electron chi connectivity index (χ0n) is 11.1. The van der Waals surface area contributed by atoms with E-state index >= 15 is 0 Å². The SMILES string of the molecule is CCN(CC1CCOC1)c1ccc(C(=O)O)cc1N. The summed E-state index contributed by atoms with van der Waals surface area (Å²) in [4.78, 5) is 13.1. The number of hydrogen-bond acceptors (Lipinski definition) is 4. The molecular weight excluding hydrogens is 244 g/mol. The first-order valence-electron chi connectivity index (χ1n) is 6.57. The predicted octanol–water partition coefficient (Wildman–Crippen LogP) is 1.83. The van der Waals surface area contributed by atoms with Gasteiger partial charge in [0.05, 0.1) is 23.5 Å². The van der Waals surface area contributed by atoms with Gasteiger partial charge >= 0.3 is 5.97 Å². The molecule has 1 fully saturated rings. The van der Waals surface area contributed by atoms with Gasteiger partial charge in [0.2, 0.25) is 0 Å². The number of carboxylic acids is 1. The van der Waals surface area contributed by atoms with Crippen molar-refractivity contribution in [2.24, 2.45) is 5.92 Å². The van der Waals surface area contributed by atoms with Crippen LogP contribution in [0.1, 0.15) is 23.7 Å². The van der Waals surface area contributed by atoms with Crippen molar-refractivity contribution in [2.75, 3.05) is 36.9 Å². The highest BCUT2D eigenvalue weighted by Gasteiger charge is 2.20. The standard InChI is InChI=1S/C14H20N2O3/c1-2-16(8-10-5-6-19-9-10)13-4-3-11(14(17)18)7-12(13)15/h3-4,7,10H,2,5-6,8-9,15H2,1H3,(H,17,18). The third-order valence-electron chi connectivity index (χ3n) is 3.50. The fourth-order valence-corrected chi connectivity index (χ4v) is 2.41. The Kier molecular flexibility index (Phi) is 4.27. The van der Waals surface area contributed by atoms with Crippen LogP contribution in [0.15, 0.2) is 18.2 Å². The molecule has 1 heterocycles. The van der Waals surface area contributed by atoms with E-state index in [2.05, 4.69) is 11.8 Å². The molecule has 0 radical (unpaired) electrons. The summed E-state index contributed by atoms with van der Waals surface area (Å²) in [7, 11) is 0. The van der Waals surface area contributed by atoms with Crippen molar-refractivity contribution in [2.45, 2.75) is 13.3 Å². The molecule has 1 aliphatic heterocycles. The van der Waals surface area contributed by atoms with Crippen molar-refractivity contribution in [3.05, 3.63) is 23.8 Å². The lowest BCUT2D eigenvalue weighted by Gasteiger charge is -2.27. The molecule has 19 heavy (non-hydrogen) atoms. The van der Waals surface area contributed by atoms with E-state index in [-0.39, 0.29) is 5.56 Å². The summed E-state index contributed by atoms with van der Waals surface area (Å²) in [5.74, 6) is -0.427. The minimum Gasteiger partial charge on any atom is -0.478 e. The fraction of sp³-hybridized carbons (Fsp3) is 0.500. The van der Waals surface area contributed by atoms with Crippen molar-refractivity contribution < 1.29 is 14.6 Å². The quantitative estimate of drug-likeness (QED) is 0.793. The van der Waals surface area contributed by atoms with Crippen LogP contribution in [0.2, 0.25) is 0 Å². The second-order valence-corrected chi connectivity index (χ2v) is 4.85. The zero-order chi connectivity index (χ0) is 13.8. The first kappa shape index (κ1) is 13.7. The predicted molar refractivity (Wildman–Crippen MR) is 74.6 cm³/mol. The third-order valence-corrected chi connectivity index (χ3v) is 3.50. The first-order valence-corrected chi connectivity index (χ1v) is 6.57. The van der Waals surface area contributed by atoms with E-state index < -0.39 is 5.97 Å². The van der Waals surface area contributed by atoms with Gasteiger partial charge in [-0.05, 0) is 31.5 Å². The van der Waals surface area contributed by atoms with Crippen molar-refractivity contribution in [3.8, 4) is 0 Å². The molecule has 0 spiro atoms. The van der Waals surface area contributed by atoms with Gasteiger partial charge in [0.1, 0.15) is 0 Å². The summed E-state index contributed by atoms with van der Waals surface area (Å²) >= 11 is 0. The monoisotopic (exact) mass is 264 g/mol. The smallest absolute Gasteiger partial charge is 0.335 e. The number of benzene rings is 1. The average Bonchev–Trinajstić information content (AvgIpc) is 2.89. The number of nitrogens with two attached hydrogens (primary N) is 1. The molecule has 1 aliphatic rings. The Labute approximate surface area is 113 Å². The minimum atomic E-state index is -0.953. The summed E-state index contributed by atoms with van der Waals surface area (Å²) < 4.78 is 5.38. The Bertz CT molecular complexity index is 456. The number of nitrogens with zero attached hydrogens (tertiary/aromatic N) is 1. The molecule has 1 unspecified atom stereocenters. The molecule has 3 N–H and O–H groups in total. The summed E-state index contributed by atoms with van der Waals surface area (Å²) in [6.45, 7) is 5.43. The van der Waals surface area contributed by atoms with Gasteiger partial charge in [-0.25, -0.2) is 4.79 Å². The van der Waals surface area contributed by atoms with E-state index in [1.54, 1.807) is 12.1 Å². The van der Waals surface area contributed by atoms with Crippen LogP contribution in [-0.2, 0) is 4.74 Å². The lowest BCUT2D eigenvalue weighted by Crippen LogP contribution is -2.30. The van der Waals surface area contributed by atoms with Gasteiger partial charge in [-0.3, -0.25) is 0 Å². The van der Waals surface area contributed by atoms with Crippen LogP contribution in [-0.4, -0.2) is 37.4 Å². The maximum atomic E-state index is 10.9. The molecule has 5 heteroatoms. The highest BCUT2D eigenvalue weighted by Crippen LogP contribution is 2.26. The van der Waals surface area contributed by atoms with E-state index in [0.29, 0.717) is 11.6 Å². The molecule has 5 nitrogen and oxygen atoms in total. The summed E-state index contributed by atoms with van der Waals surface area (Å²) in [6, 6.07) is 4.91. The van der Waals surface area contributed by atoms with E-state index in [4.69, 9.17) is 15.6 Å². The molecular formula is C14H20N2O3. The summed E-state index contributed by atoms with van der Waals surface area (Å²) in [5.41, 5.74) is 7.61. The van der Waals surface area contributed by atoms with Crippen LogP contribution >= 0.6 is 0 Å². The van der Waals surface area contributed by atoms with Gasteiger partial charge in [-0.2, -0.15) is 0 Å². The van der Waals surface area contributed by atoms with E-state index in [0.717, 1.165) is 38.4 Å². The summed E-state index contributed by atoms with van der Waals surface area (Å²) in [5, 5.41) is 8.94. The van der Waals surface area contributed by atoms with Crippen molar-refractivity contribution in [3.63, 3.8) is 0 Å². The van der Waals surface area contributed by atoms with Crippen LogP contribution in [0, 0.1) is 5.92 Å². The zero-order valence-corrected chi connectivity index (χ0v) is 11.1. The van der Waals surface area contributed by atoms with Crippen molar-refractivity contribution in [1.82, 2.24) is 0 Å². The van der Waals surface area contributed by atoms with Gasteiger partial charge in [0, 0.05) is 25.6 Å². The molecule has 1 aromatic rings. The highest BCUT2D eigenvalue weighted by atomic mass is 16.5. The second-order valence-electron chi connectivity index (χ2n) is 4.85. The number of carbonyl (C=O) groups is 1. The van der Waals surface area contributed by atoms with Crippen LogP contribution in [0.25, 0.3) is 0 Å². The highest BCUT2D eigenvalue weighted by molar-refractivity contribution is 5.90. The van der Waals surface area contributed by atoms with Crippen LogP contribution in [0.5, 0.6) is 0 Å². The second kappa shape index (κ2) is 5.93. The Hall–Kier alpha value is -1.75. The van der Waals surface area contributed by atoms with Gasteiger partial charge in [-0.15, -0.1) is 0 Å². The van der Waals surface area contributed by atoms with E-state index in [1.807, 2.05) is 0 Å². The van der Waals surface area contributed by atoms with Gasteiger partial charge in [-0.1, -0.05) is 0 Å². The van der Waals surface area contributed by atoms with E-state index in [9.17, 15) is 4.79 Å². The topological polar surface area (TPSA) is 75.8 Å². The molecule has 0 saturated carbocycles. The lowest BCUT2D eigenvalue weighted by atomic mass is 10.1. The average molecular weight is 264 g/mol. The van der Waals surface area contributed by atoms with Gasteiger partial charge in [0.25, 0.3) is 0 Å². The van der Waals surface area contributed by atoms with Crippen LogP contribution in [0.3, 0.4) is 0 Å². The maximum Gasteiger partial charge on any atom is 0.335 e. The number of nitrogen functional groups attached to an aromatic ring is 1. The first-order chi connectivity index (χ1) is 9.11. The molecule has 1 atom stereocenters. The molecule has 2 rings (SSSR count). The Morgan fingerprint density at radius 1 is 1.58 bits per heavy atom. The molecule has 1 aromatic carbocycles. The molecule has 0 aliphatic carbocycles. The lowest BCUT2D eigenvalue weighted by molar-refractivity contribution is 0.0697. The number of hydrogen-bond donors (Lipinski definition) is 2. The number of anilines is 2. The van der Waals surface area contributed by atoms with Crippen molar-refractivity contribution >= 4 is 17.3 Å². The maximum absolute atomic E-state index is 10.9. The molecule has 1 saturated heterocycles. The minimum absolute atomic E-state index is 0.224. The molecule has 0 bridgehead atoms. The normalized spacial score (nSPS) is 18.5. The Morgan fingerprint density at radius 3 is 2.89 bits per heavy atom. The number of aromatic carboxylic acids is 1.